The van der Waals surface area contributed by atoms with Crippen LogP contribution in [0.2, 0.25) is 0 Å². The van der Waals surface area contributed by atoms with E-state index < -0.39 is 0 Å². The van der Waals surface area contributed by atoms with E-state index >= 15 is 0 Å². The third-order valence-electron chi connectivity index (χ3n) is 13.7. The maximum Gasteiger partial charge on any atom is 0.0478 e. The average molecular weight is 699 g/mol. The number of aromatic nitrogens is 1. The van der Waals surface area contributed by atoms with Gasteiger partial charge in [-0.15, -0.1) is 0 Å². The van der Waals surface area contributed by atoms with E-state index in [-0.39, 0.29) is 5.41 Å². The van der Waals surface area contributed by atoms with E-state index in [4.69, 9.17) is 4.98 Å². The fraction of sp³-hybridized carbons (Fsp3) is 0.250. The van der Waals surface area contributed by atoms with Crippen LogP contribution in [0.25, 0.3) is 43.8 Å². The minimum atomic E-state index is 0.0749. The molecule has 2 heteroatoms. The maximum atomic E-state index is 4.73. The molecule has 1 aromatic heterocycles. The molecule has 0 spiro atoms. The quantitative estimate of drug-likeness (QED) is 0.170. The third-order valence-corrected chi connectivity index (χ3v) is 13.7. The summed E-state index contributed by atoms with van der Waals surface area (Å²) >= 11 is 0. The first-order valence-electron chi connectivity index (χ1n) is 20.2. The summed E-state index contributed by atoms with van der Waals surface area (Å²) in [6.45, 7) is 4.90. The first-order valence-corrected chi connectivity index (χ1v) is 20.2. The van der Waals surface area contributed by atoms with Crippen LogP contribution in [0.15, 0.2) is 168 Å². The molecule has 3 atom stereocenters. The molecule has 0 N–H and O–H groups in total. The highest BCUT2D eigenvalue weighted by atomic mass is 15.2. The molecule has 3 unspecified atom stereocenters. The average Bonchev–Trinajstić information content (AvgIpc) is 3.68. The molecule has 0 bridgehead atoms. The second-order valence-electron chi connectivity index (χ2n) is 16.8. The molecule has 11 rings (SSSR count). The molecule has 1 aliphatic heterocycles. The monoisotopic (exact) mass is 698 g/mol. The Kier molecular flexibility index (Phi) is 7.28. The molecular weight excluding hydrogens is 653 g/mol. The van der Waals surface area contributed by atoms with Crippen molar-refractivity contribution in [3.05, 3.63) is 179 Å². The van der Waals surface area contributed by atoms with Gasteiger partial charge in [0.1, 0.15) is 0 Å². The number of anilines is 1. The predicted octanol–water partition coefficient (Wildman–Crippen LogP) is 13.6. The van der Waals surface area contributed by atoms with Crippen molar-refractivity contribution in [2.45, 2.75) is 76.7 Å². The number of nitrogens with zero attached hydrogens (tertiary/aromatic N) is 2. The number of hydrogen-bond donors (Lipinski definition) is 0. The van der Waals surface area contributed by atoms with Crippen molar-refractivity contribution >= 4 is 27.2 Å². The second-order valence-corrected chi connectivity index (χ2v) is 16.8. The fourth-order valence-electron chi connectivity index (χ4n) is 11.3. The Morgan fingerprint density at radius 1 is 0.667 bits per heavy atom. The van der Waals surface area contributed by atoms with Crippen molar-refractivity contribution in [2.75, 3.05) is 4.90 Å². The van der Waals surface area contributed by atoms with Crippen LogP contribution in [0, 0.1) is 5.41 Å². The van der Waals surface area contributed by atoms with Gasteiger partial charge in [-0.25, -0.2) is 0 Å². The third kappa shape index (κ3) is 4.75. The van der Waals surface area contributed by atoms with Gasteiger partial charge in [-0.1, -0.05) is 129 Å². The predicted molar refractivity (Wildman–Crippen MR) is 226 cm³/mol. The summed E-state index contributed by atoms with van der Waals surface area (Å²) in [5.74, 6) is 0.959. The topological polar surface area (TPSA) is 16.1 Å². The van der Waals surface area contributed by atoms with Crippen LogP contribution in [0.5, 0.6) is 0 Å². The van der Waals surface area contributed by atoms with Gasteiger partial charge in [-0.3, -0.25) is 4.98 Å². The Bertz CT molecular complexity index is 2620. The van der Waals surface area contributed by atoms with E-state index in [2.05, 4.69) is 152 Å². The van der Waals surface area contributed by atoms with E-state index in [0.717, 1.165) is 19.3 Å². The Balaban J connectivity index is 0.997. The first kappa shape index (κ1) is 32.0. The van der Waals surface area contributed by atoms with Crippen LogP contribution in [-0.2, 0) is 0 Å². The minimum Gasteiger partial charge on any atom is -0.341 e. The van der Waals surface area contributed by atoms with Gasteiger partial charge in [0, 0.05) is 41.2 Å². The van der Waals surface area contributed by atoms with Gasteiger partial charge in [0.2, 0.25) is 0 Å². The van der Waals surface area contributed by atoms with Crippen molar-refractivity contribution in [3.63, 3.8) is 0 Å². The largest absolute Gasteiger partial charge is 0.341 e. The van der Waals surface area contributed by atoms with Gasteiger partial charge in [0.05, 0.1) is 0 Å². The zero-order valence-corrected chi connectivity index (χ0v) is 31.4. The Labute approximate surface area is 319 Å². The molecule has 0 amide bonds. The molecule has 5 aromatic carbocycles. The molecule has 1 fully saturated rings. The zero-order chi connectivity index (χ0) is 36.0. The first-order chi connectivity index (χ1) is 26.6. The highest BCUT2D eigenvalue weighted by Crippen LogP contribution is 2.58. The summed E-state index contributed by atoms with van der Waals surface area (Å²) in [4.78, 5) is 7.51. The van der Waals surface area contributed by atoms with Gasteiger partial charge < -0.3 is 4.90 Å². The lowest BCUT2D eigenvalue weighted by atomic mass is 9.73. The molecule has 4 aliphatic carbocycles. The van der Waals surface area contributed by atoms with Gasteiger partial charge in [0.25, 0.3) is 0 Å². The Morgan fingerprint density at radius 3 is 2.11 bits per heavy atom. The highest BCUT2D eigenvalue weighted by molar-refractivity contribution is 6.21. The summed E-state index contributed by atoms with van der Waals surface area (Å²) in [6, 6.07) is 41.3. The molecule has 2 nitrogen and oxygen atoms in total. The van der Waals surface area contributed by atoms with Crippen LogP contribution in [0.4, 0.5) is 5.69 Å². The minimum absolute atomic E-state index is 0.0749. The molecule has 1 saturated carbocycles. The second kappa shape index (κ2) is 12.3. The lowest BCUT2D eigenvalue weighted by molar-refractivity contribution is 0.355. The fourth-order valence-corrected chi connectivity index (χ4v) is 11.3. The van der Waals surface area contributed by atoms with Gasteiger partial charge in [-0.05, 0) is 140 Å². The molecule has 54 heavy (non-hydrogen) atoms. The lowest BCUT2D eigenvalue weighted by Gasteiger charge is -2.39. The van der Waals surface area contributed by atoms with Crippen LogP contribution in [0.3, 0.4) is 0 Å². The van der Waals surface area contributed by atoms with Crippen molar-refractivity contribution in [3.8, 4) is 22.3 Å². The maximum absolute atomic E-state index is 4.73. The van der Waals surface area contributed by atoms with Crippen LogP contribution >= 0.6 is 0 Å². The summed E-state index contributed by atoms with van der Waals surface area (Å²) in [5, 5.41) is 5.32. The smallest absolute Gasteiger partial charge is 0.0478 e. The van der Waals surface area contributed by atoms with E-state index in [1.165, 1.54) is 92.0 Å². The van der Waals surface area contributed by atoms with E-state index in [1.807, 2.05) is 6.20 Å². The number of pyridine rings is 1. The van der Waals surface area contributed by atoms with Crippen molar-refractivity contribution < 1.29 is 0 Å². The summed E-state index contributed by atoms with van der Waals surface area (Å²) in [6.07, 6.45) is 19.8. The summed E-state index contributed by atoms with van der Waals surface area (Å²) in [5.41, 5.74) is 17.6. The zero-order valence-electron chi connectivity index (χ0n) is 31.4. The molecule has 0 saturated heterocycles. The normalized spacial score (nSPS) is 22.7. The van der Waals surface area contributed by atoms with Crippen molar-refractivity contribution in [1.29, 1.82) is 0 Å². The number of hydrogen-bond acceptors (Lipinski definition) is 2. The number of benzene rings is 5. The Morgan fingerprint density at radius 2 is 1.35 bits per heavy atom. The van der Waals surface area contributed by atoms with Crippen molar-refractivity contribution in [2.24, 2.45) is 5.41 Å². The van der Waals surface area contributed by atoms with Crippen LogP contribution in [0.1, 0.15) is 81.8 Å². The SMILES string of the molecule is CC1(C)C2=C(CCC=C2)C2=C1C=C(N1c3ccncc3C3CC(c4ccc5c(-c6ccccc6)c6ccccc6c(-c6ccccc6)c5c4)CCC31)CC2. The molecule has 5 aliphatic rings. The standard InChI is InChI=1S/C52H46N2/c1-52(2)46-20-12-11-17-38(46)39-25-23-37(31-47(39)52)54-48-26-22-36(29-43(48)45-32-53-28-27-49(45)54)35-21-24-42-44(30-35)51(34-15-7-4-8-16-34)41-19-10-9-18-40(41)50(42)33-13-5-3-6-14-33/h3-10,12-16,18-21,24,27-28,30-32,36,43,48H,11,17,22-23,25-26,29H2,1-2H3. The molecular formula is C52H46N2. The van der Waals surface area contributed by atoms with E-state index in [9.17, 15) is 0 Å². The van der Waals surface area contributed by atoms with Crippen molar-refractivity contribution in [1.82, 2.24) is 4.98 Å². The summed E-state index contributed by atoms with van der Waals surface area (Å²) in [7, 11) is 0. The number of allylic oxidation sites excluding steroid dienone is 8. The van der Waals surface area contributed by atoms with Gasteiger partial charge in [-0.2, -0.15) is 0 Å². The molecule has 264 valence electrons. The number of fused-ring (bicyclic) bond motifs is 6. The lowest BCUT2D eigenvalue weighted by Crippen LogP contribution is -2.37. The molecule has 0 radical (unpaired) electrons. The molecule has 2 heterocycles. The highest BCUT2D eigenvalue weighted by Gasteiger charge is 2.46. The number of rotatable bonds is 4. The van der Waals surface area contributed by atoms with Crippen LogP contribution < -0.4 is 4.90 Å². The van der Waals surface area contributed by atoms with Crippen LogP contribution in [-0.4, -0.2) is 11.0 Å². The van der Waals surface area contributed by atoms with Gasteiger partial charge in [0.15, 0.2) is 0 Å². The van der Waals surface area contributed by atoms with Gasteiger partial charge >= 0.3 is 0 Å². The Hall–Kier alpha value is -5.47. The summed E-state index contributed by atoms with van der Waals surface area (Å²) < 4.78 is 0. The molecule has 6 aromatic rings. The van der Waals surface area contributed by atoms with E-state index in [1.54, 1.807) is 22.3 Å². The van der Waals surface area contributed by atoms with E-state index in [0.29, 0.717) is 17.9 Å².